The van der Waals surface area contributed by atoms with E-state index in [0.717, 1.165) is 29.0 Å². The van der Waals surface area contributed by atoms with Crippen molar-refractivity contribution in [1.82, 2.24) is 19.4 Å². The van der Waals surface area contributed by atoms with Gasteiger partial charge in [0.25, 0.3) is 11.1 Å². The van der Waals surface area contributed by atoms with Crippen LogP contribution in [0.25, 0.3) is 0 Å². The summed E-state index contributed by atoms with van der Waals surface area (Å²) in [5.74, 6) is -4.70. The zero-order valence-corrected chi connectivity index (χ0v) is 39.1. The van der Waals surface area contributed by atoms with Crippen LogP contribution in [0.15, 0.2) is 34.1 Å². The first-order valence-electron chi connectivity index (χ1n) is 19.8. The Morgan fingerprint density at radius 1 is 0.762 bits per heavy atom. The smallest absolute Gasteiger partial charge is 0.793 e. The second-order valence-corrected chi connectivity index (χ2v) is 13.4. The minimum atomic E-state index is -0.977. The molecular formula is C40H57BF4N4NaO13. The van der Waals surface area contributed by atoms with Crippen LogP contribution in [0.1, 0.15) is 97.4 Å². The summed E-state index contributed by atoms with van der Waals surface area (Å²) in [5.41, 5.74) is -0.744. The van der Waals surface area contributed by atoms with Crippen molar-refractivity contribution in [3.8, 4) is 0 Å². The van der Waals surface area contributed by atoms with Gasteiger partial charge in [0.15, 0.2) is 11.6 Å². The Morgan fingerprint density at radius 3 is 1.46 bits per heavy atom. The second kappa shape index (κ2) is 34.1. The Kier molecular flexibility index (Phi) is 32.8. The van der Waals surface area contributed by atoms with Gasteiger partial charge in [-0.25, -0.2) is 46.5 Å². The summed E-state index contributed by atoms with van der Waals surface area (Å²) in [6.07, 6.45) is 4.69. The van der Waals surface area contributed by atoms with E-state index >= 15 is 0 Å². The van der Waals surface area contributed by atoms with E-state index in [9.17, 15) is 55.9 Å². The van der Waals surface area contributed by atoms with Crippen LogP contribution in [0.2, 0.25) is 0 Å². The molecule has 0 aromatic carbocycles. The van der Waals surface area contributed by atoms with E-state index in [2.05, 4.69) is 27.8 Å². The summed E-state index contributed by atoms with van der Waals surface area (Å²) in [5, 5.41) is 2.79. The third-order valence-electron chi connectivity index (χ3n) is 8.15. The first-order valence-corrected chi connectivity index (χ1v) is 19.8. The number of hydrogen-bond acceptors (Lipinski definition) is 15. The number of alkyl halides is 2. The topological polar surface area (TPSA) is 208 Å². The van der Waals surface area contributed by atoms with Crippen molar-refractivity contribution < 1.29 is 99.8 Å². The molecule has 17 nitrogen and oxygen atoms in total. The van der Waals surface area contributed by atoms with Crippen LogP contribution in [0, 0.1) is 11.6 Å². The van der Waals surface area contributed by atoms with Gasteiger partial charge in [-0.2, -0.15) is 0 Å². The van der Waals surface area contributed by atoms with Gasteiger partial charge in [-0.15, -0.1) is 0 Å². The van der Waals surface area contributed by atoms with Crippen LogP contribution >= 0.6 is 0 Å². The maximum atomic E-state index is 14.0. The molecular weight excluding hydrogens is 854 g/mol. The minimum absolute atomic E-state index is 0. The molecule has 2 fully saturated rings. The zero-order valence-electron chi connectivity index (χ0n) is 37.1. The van der Waals surface area contributed by atoms with Gasteiger partial charge in [-0.05, 0) is 56.4 Å². The van der Waals surface area contributed by atoms with E-state index in [1.165, 1.54) is 25.4 Å². The van der Waals surface area contributed by atoms with Gasteiger partial charge in [0.1, 0.15) is 30.7 Å². The van der Waals surface area contributed by atoms with Crippen LogP contribution in [0.3, 0.4) is 0 Å². The fraction of sp³-hybridized carbons (Fsp3) is 0.600. The van der Waals surface area contributed by atoms with Crippen molar-refractivity contribution in [1.29, 1.82) is 0 Å². The average Bonchev–Trinajstić information content (AvgIpc) is 3.19. The summed E-state index contributed by atoms with van der Waals surface area (Å²) >= 11 is 0. The van der Waals surface area contributed by atoms with Gasteiger partial charge in [0.2, 0.25) is 5.97 Å². The van der Waals surface area contributed by atoms with Crippen LogP contribution in [0.4, 0.5) is 17.6 Å². The number of halogens is 4. The molecule has 2 aromatic rings. The molecule has 63 heavy (non-hydrogen) atoms. The van der Waals surface area contributed by atoms with Gasteiger partial charge < -0.3 is 32.3 Å². The number of hydrogen-bond donors (Lipinski definition) is 1. The normalized spacial score (nSPS) is 13.7. The predicted molar refractivity (Wildman–Crippen MR) is 216 cm³/mol. The van der Waals surface area contributed by atoms with Crippen molar-refractivity contribution in [2.45, 2.75) is 111 Å². The van der Waals surface area contributed by atoms with Crippen molar-refractivity contribution in [3.63, 3.8) is 0 Å². The summed E-state index contributed by atoms with van der Waals surface area (Å²) < 4.78 is 67.6. The number of rotatable bonds is 15. The number of aromatic nitrogens is 2. The number of nitrogens with zero attached hydrogens (tertiary/aromatic N) is 3. The van der Waals surface area contributed by atoms with E-state index in [-0.39, 0.29) is 49.2 Å². The molecule has 1 N–H and O–H groups in total. The number of aldehydes is 1. The van der Waals surface area contributed by atoms with Crippen molar-refractivity contribution >= 4 is 44.2 Å². The fourth-order valence-corrected chi connectivity index (χ4v) is 5.16. The van der Waals surface area contributed by atoms with Crippen LogP contribution in [-0.4, -0.2) is 116 Å². The fourth-order valence-electron chi connectivity index (χ4n) is 5.16. The number of esters is 2. The maximum Gasteiger partial charge on any atom is 1.00 e. The first-order chi connectivity index (χ1) is 29.3. The number of pyridine rings is 2. The molecule has 2 aliphatic heterocycles. The molecule has 2 atom stereocenters. The van der Waals surface area contributed by atoms with E-state index in [4.69, 9.17) is 9.47 Å². The molecule has 0 bridgehead atoms. The van der Waals surface area contributed by atoms with E-state index < -0.39 is 77.0 Å². The Balaban J connectivity index is 0. The average molecular weight is 912 g/mol. The van der Waals surface area contributed by atoms with Crippen LogP contribution in [-0.2, 0) is 65.5 Å². The molecule has 2 aromatic heterocycles. The molecule has 23 heteroatoms. The molecule has 4 rings (SSSR count). The number of likely N-dealkylation sites (tertiary alicyclic amines) is 1. The van der Waals surface area contributed by atoms with E-state index in [0.29, 0.717) is 82.2 Å². The molecule has 347 valence electrons. The zero-order chi connectivity index (χ0) is 47.4. The standard InChI is InChI=1S/C17H24F2N2O3.C14H18FNO4.C4H6O4.C3H6FN.C2H3BO2.Na/c1-3-5-15(17(23)24-4-2)21-9-12(8-14(19)16(21)22)6-7-20-10-13(18)11-20;1-3-5-12(14(19)20-4-2)16-9-10(6-7-17)8-11(15)13(16)18;1-3(5)7-8-4(2)6;4-3-1-5-2-3;1-2(4)5-3;/h8-9,13,15H,3-7,10-11H2,1-2H3;7-9,12H,3-6H2,1-2H3;1-2H3;3,5H,1-2H2;1H3;/q;;;;-1;+1. The SMILES string of the molecule is CC(=O)OOC(C)=O.CCCC(C(=O)OCC)n1cc(CC=O)cc(F)c1=O.CCCC(C(=O)OCC)n1cc(CCN2CC(F)C2)cc(F)c1=O.FC1CNC1.[B-]OC(C)=O.[Na+]. The molecule has 2 saturated heterocycles. The van der Waals surface area contributed by atoms with Crippen LogP contribution < -0.4 is 46.0 Å². The van der Waals surface area contributed by atoms with Crippen molar-refractivity contribution in [2.24, 2.45) is 0 Å². The quantitative estimate of drug-likeness (QED) is 0.0638. The first kappa shape index (κ1) is 60.7. The molecule has 0 spiro atoms. The largest absolute Gasteiger partial charge is 1.00 e. The third-order valence-corrected chi connectivity index (χ3v) is 8.15. The Bertz CT molecular complexity index is 1830. The predicted octanol–water partition coefficient (Wildman–Crippen LogP) is 0.313. The summed E-state index contributed by atoms with van der Waals surface area (Å²) in [6, 6.07) is 0.519. The number of carbonyl (C=O) groups excluding carboxylic acids is 6. The Morgan fingerprint density at radius 2 is 1.16 bits per heavy atom. The molecule has 2 unspecified atom stereocenters. The molecule has 0 aliphatic carbocycles. The Labute approximate surface area is 387 Å². The molecule has 2 aliphatic rings. The summed E-state index contributed by atoms with van der Waals surface area (Å²) in [7, 11) is 4.32. The summed E-state index contributed by atoms with van der Waals surface area (Å²) in [4.78, 5) is 97.2. The third kappa shape index (κ3) is 24.9. The van der Waals surface area contributed by atoms with E-state index in [1.807, 2.05) is 18.7 Å². The second-order valence-electron chi connectivity index (χ2n) is 13.4. The van der Waals surface area contributed by atoms with Crippen molar-refractivity contribution in [2.75, 3.05) is 45.9 Å². The Hall–Kier alpha value is -4.38. The molecule has 0 amide bonds. The number of ether oxygens (including phenoxy) is 2. The van der Waals surface area contributed by atoms with Gasteiger partial charge in [0.05, 0.1) is 13.2 Å². The summed E-state index contributed by atoms with van der Waals surface area (Å²) in [6.45, 7) is 13.5. The van der Waals surface area contributed by atoms with Gasteiger partial charge in [-0.3, -0.25) is 28.4 Å². The molecule has 0 saturated carbocycles. The van der Waals surface area contributed by atoms with Gasteiger partial charge in [0, 0.05) is 72.3 Å². The van der Waals surface area contributed by atoms with Crippen molar-refractivity contribution in [3.05, 3.63) is 68.0 Å². The van der Waals surface area contributed by atoms with Crippen LogP contribution in [0.5, 0.6) is 0 Å². The monoisotopic (exact) mass is 911 g/mol. The molecule has 4 heterocycles. The molecule has 3 radical (unpaired) electrons. The number of nitrogens with one attached hydrogen (secondary N) is 1. The van der Waals surface area contributed by atoms with E-state index in [1.54, 1.807) is 13.8 Å². The van der Waals surface area contributed by atoms with Gasteiger partial charge >= 0.3 is 53.4 Å². The minimum Gasteiger partial charge on any atom is -0.793 e. The number of carbonyl (C=O) groups is 6. The van der Waals surface area contributed by atoms with Gasteiger partial charge in [-0.1, -0.05) is 26.7 Å². The maximum absolute atomic E-state index is 14.0.